The molecule has 1 fully saturated rings. The summed E-state index contributed by atoms with van der Waals surface area (Å²) in [7, 11) is 6.68. The fourth-order valence-electron chi connectivity index (χ4n) is 3.81. The number of ether oxygens (including phenoxy) is 5. The molecule has 1 aliphatic rings. The molecule has 48 heavy (non-hydrogen) atoms. The number of rotatable bonds is 23. The number of hydrogen-bond donors (Lipinski definition) is 4. The maximum Gasteiger partial charge on any atom is 0.251 e. The van der Waals surface area contributed by atoms with E-state index < -0.39 is 6.10 Å². The van der Waals surface area contributed by atoms with E-state index in [0.29, 0.717) is 37.4 Å². The predicted molar refractivity (Wildman–Crippen MR) is 200 cm³/mol. The van der Waals surface area contributed by atoms with Crippen LogP contribution in [0.4, 0.5) is 0 Å². The van der Waals surface area contributed by atoms with Crippen molar-refractivity contribution in [3.05, 3.63) is 29.8 Å². The van der Waals surface area contributed by atoms with Crippen LogP contribution in [0.2, 0.25) is 0 Å². The van der Waals surface area contributed by atoms with Crippen LogP contribution in [0, 0.1) is 22.4 Å². The molecule has 0 saturated carbocycles. The molecule has 0 aliphatic carbocycles. The van der Waals surface area contributed by atoms with Gasteiger partial charge >= 0.3 is 0 Å². The van der Waals surface area contributed by atoms with Crippen molar-refractivity contribution in [1.29, 1.82) is 5.26 Å². The van der Waals surface area contributed by atoms with Crippen molar-refractivity contribution in [2.75, 3.05) is 64.7 Å². The van der Waals surface area contributed by atoms with Crippen LogP contribution in [0.1, 0.15) is 31.1 Å². The number of nitriles is 1. The van der Waals surface area contributed by atoms with Gasteiger partial charge in [-0.25, -0.2) is 0 Å². The fraction of sp³-hybridized carbons (Fsp3) is 0.633. The van der Waals surface area contributed by atoms with Crippen LogP contribution in [-0.2, 0) is 23.7 Å². The lowest BCUT2D eigenvalue weighted by atomic mass is 9.66. The van der Waals surface area contributed by atoms with E-state index in [9.17, 15) is 14.7 Å². The van der Waals surface area contributed by atoms with Crippen LogP contribution in [0.3, 0.4) is 0 Å². The standard InChI is InChI=1S/C30H45BN4O8S5/c1-30(2,3)48-47-25(18-41-22-8-5-7-21(15-22)29(38)35-12-10-32)40-14-13-39-17-24(37)34-11-6-9-31-28-27(23(16-36)42-28)43-26(46-44-4)19-45-20-33/h5,7-8,15,23,25-28,31,36H,10-14,16-19,32H2,1-4H3,(H,34,37)(H,35,38)/t23?,25?,26-,27?,28?/m1/s1. The van der Waals surface area contributed by atoms with Gasteiger partial charge in [-0.1, -0.05) is 75.9 Å². The molecule has 266 valence electrons. The molecule has 5 N–H and O–H groups in total. The van der Waals surface area contributed by atoms with E-state index in [1.165, 1.54) is 10.8 Å². The molecule has 2 amide bonds. The Morgan fingerprint density at radius 2 is 2.02 bits per heavy atom. The van der Waals surface area contributed by atoms with Gasteiger partial charge in [0.1, 0.15) is 47.4 Å². The lowest BCUT2D eigenvalue weighted by molar-refractivity contribution is -0.222. The Bertz CT molecular complexity index is 1220. The molecular formula is C30H45BN4O8S5. The van der Waals surface area contributed by atoms with Gasteiger partial charge in [-0.15, -0.1) is 0 Å². The molecule has 1 aliphatic heterocycles. The summed E-state index contributed by atoms with van der Waals surface area (Å²) in [5.41, 5.74) is 5.42. The van der Waals surface area contributed by atoms with Crippen LogP contribution in [-0.4, -0.2) is 123 Å². The number of amides is 2. The van der Waals surface area contributed by atoms with Crippen molar-refractivity contribution in [2.24, 2.45) is 5.73 Å². The summed E-state index contributed by atoms with van der Waals surface area (Å²) in [6.45, 7) is 7.65. The molecule has 0 bridgehead atoms. The van der Waals surface area contributed by atoms with Gasteiger partial charge < -0.3 is 45.2 Å². The zero-order valence-electron chi connectivity index (χ0n) is 27.6. The lowest BCUT2D eigenvalue weighted by Gasteiger charge is -2.44. The van der Waals surface area contributed by atoms with E-state index in [1.807, 2.05) is 6.26 Å². The first-order chi connectivity index (χ1) is 23.1. The number of aliphatic hydroxyl groups excluding tert-OH is 1. The maximum atomic E-state index is 12.3. The van der Waals surface area contributed by atoms with Gasteiger partial charge in [0, 0.05) is 29.2 Å². The Morgan fingerprint density at radius 3 is 2.73 bits per heavy atom. The van der Waals surface area contributed by atoms with Crippen LogP contribution in [0.15, 0.2) is 24.3 Å². The zero-order chi connectivity index (χ0) is 35.2. The first kappa shape index (κ1) is 42.8. The molecule has 1 aromatic rings. The maximum absolute atomic E-state index is 12.3. The second-order valence-electron chi connectivity index (χ2n) is 11.0. The number of nitrogens with one attached hydrogen (secondary N) is 2. The summed E-state index contributed by atoms with van der Waals surface area (Å²) in [5, 5.41) is 25.9. The Balaban J connectivity index is 1.71. The summed E-state index contributed by atoms with van der Waals surface area (Å²) >= 11 is 1.12. The number of nitrogens with two attached hydrogens (primary N) is 1. The van der Waals surface area contributed by atoms with E-state index in [1.54, 1.807) is 56.6 Å². The van der Waals surface area contributed by atoms with Gasteiger partial charge in [0.2, 0.25) is 13.2 Å². The largest absolute Gasteiger partial charge is 0.490 e. The van der Waals surface area contributed by atoms with Crippen molar-refractivity contribution in [1.82, 2.24) is 10.6 Å². The summed E-state index contributed by atoms with van der Waals surface area (Å²) in [4.78, 5) is 24.5. The van der Waals surface area contributed by atoms with E-state index in [0.717, 1.165) is 11.8 Å². The predicted octanol–water partition coefficient (Wildman–Crippen LogP) is 2.46. The lowest BCUT2D eigenvalue weighted by Crippen LogP contribution is -2.60. The normalized spacial score (nSPS) is 18.3. The van der Waals surface area contributed by atoms with Crippen molar-refractivity contribution in [3.8, 4) is 22.9 Å². The third-order valence-electron chi connectivity index (χ3n) is 5.94. The van der Waals surface area contributed by atoms with Crippen LogP contribution < -0.4 is 21.1 Å². The third-order valence-corrected chi connectivity index (χ3v) is 12.2. The number of hydrogen-bond acceptors (Lipinski definition) is 15. The molecule has 1 aromatic carbocycles. The van der Waals surface area contributed by atoms with Crippen molar-refractivity contribution in [3.63, 3.8) is 0 Å². The molecule has 5 atom stereocenters. The Kier molecular flexibility index (Phi) is 22.0. The Labute approximate surface area is 304 Å². The first-order valence-corrected chi connectivity index (χ1v) is 21.0. The number of benzene rings is 1. The molecule has 4 unspecified atom stereocenters. The van der Waals surface area contributed by atoms with Crippen LogP contribution in [0.5, 0.6) is 5.75 Å². The highest BCUT2D eigenvalue weighted by molar-refractivity contribution is 8.77. The quantitative estimate of drug-likeness (QED) is 0.0320. The summed E-state index contributed by atoms with van der Waals surface area (Å²) in [5.74, 6) is 6.44. The SMILES string of the molecule is CSS[C@H](CSC#N)OC1C(BC#CCNC(=O)COCCOC(COc2cccc(C(=O)NCCN)c2)SSC(C)(C)C)OC1CO. The smallest absolute Gasteiger partial charge is 0.251 e. The van der Waals surface area contributed by atoms with Gasteiger partial charge in [0.05, 0.1) is 32.4 Å². The summed E-state index contributed by atoms with van der Waals surface area (Å²) < 4.78 is 29.2. The fourth-order valence-corrected chi connectivity index (χ4v) is 8.38. The molecule has 0 aromatic heterocycles. The number of thiocyanates is 1. The van der Waals surface area contributed by atoms with Crippen molar-refractivity contribution in [2.45, 2.75) is 54.6 Å². The van der Waals surface area contributed by atoms with Gasteiger partial charge in [-0.2, -0.15) is 11.1 Å². The van der Waals surface area contributed by atoms with Gasteiger partial charge in [0.25, 0.3) is 5.91 Å². The first-order valence-electron chi connectivity index (χ1n) is 15.2. The number of aliphatic hydroxyl groups is 1. The second-order valence-corrected chi connectivity index (χ2v) is 17.6. The van der Waals surface area contributed by atoms with E-state index in [-0.39, 0.29) is 79.1 Å². The third kappa shape index (κ3) is 18.0. The number of carbonyl (C=O) groups excluding carboxylic acids is 2. The molecule has 12 nitrogen and oxygen atoms in total. The molecule has 2 rings (SSSR count). The summed E-state index contributed by atoms with van der Waals surface area (Å²) in [6, 6.07) is 6.63. The van der Waals surface area contributed by atoms with E-state index in [4.69, 9.17) is 34.7 Å². The van der Waals surface area contributed by atoms with E-state index in [2.05, 4.69) is 48.5 Å². The second kappa shape index (κ2) is 24.7. The number of nitrogens with zero attached hydrogens (tertiary/aromatic N) is 1. The molecule has 0 spiro atoms. The van der Waals surface area contributed by atoms with Crippen LogP contribution >= 0.6 is 54.9 Å². The van der Waals surface area contributed by atoms with Crippen LogP contribution in [0.25, 0.3) is 0 Å². The van der Waals surface area contributed by atoms with E-state index >= 15 is 0 Å². The highest BCUT2D eigenvalue weighted by Gasteiger charge is 2.44. The monoisotopic (exact) mass is 760 g/mol. The summed E-state index contributed by atoms with van der Waals surface area (Å²) in [6.07, 6.45) is 1.20. The molecule has 1 heterocycles. The molecule has 18 heteroatoms. The number of carbonyl (C=O) groups is 2. The highest BCUT2D eigenvalue weighted by atomic mass is 33.1. The molecular weight excluding hydrogens is 715 g/mol. The number of thioether (sulfide) groups is 1. The zero-order valence-corrected chi connectivity index (χ0v) is 31.7. The average molecular weight is 761 g/mol. The highest BCUT2D eigenvalue weighted by Crippen LogP contribution is 2.38. The molecule has 1 saturated heterocycles. The van der Waals surface area contributed by atoms with Crippen molar-refractivity contribution < 1.29 is 38.4 Å². The average Bonchev–Trinajstić information content (AvgIpc) is 3.06. The van der Waals surface area contributed by atoms with Gasteiger partial charge in [-0.3, -0.25) is 9.59 Å². The van der Waals surface area contributed by atoms with Gasteiger partial charge in [0.15, 0.2) is 0 Å². The Hall–Kier alpha value is -1.42. The minimum absolute atomic E-state index is 0.000868. The minimum Gasteiger partial charge on any atom is -0.490 e. The molecule has 0 radical (unpaired) electrons. The van der Waals surface area contributed by atoms with Gasteiger partial charge in [-0.05, 0) is 36.2 Å². The Morgan fingerprint density at radius 1 is 1.21 bits per heavy atom. The minimum atomic E-state index is -0.424. The topological polar surface area (TPSA) is 174 Å². The van der Waals surface area contributed by atoms with Crippen molar-refractivity contribution >= 4 is 74.0 Å².